The number of carbonyl (C=O) groups is 2. The molecule has 2 rings (SSSR count). The molecule has 0 aromatic heterocycles. The lowest BCUT2D eigenvalue weighted by Crippen LogP contribution is -2.23. The van der Waals surface area contributed by atoms with Crippen LogP contribution in [0.5, 0.6) is 0 Å². The van der Waals surface area contributed by atoms with E-state index in [1.807, 2.05) is 0 Å². The van der Waals surface area contributed by atoms with Crippen molar-refractivity contribution < 1.29 is 14.3 Å². The van der Waals surface area contributed by atoms with Crippen LogP contribution in [0.25, 0.3) is 0 Å². The van der Waals surface area contributed by atoms with Gasteiger partial charge in [-0.05, 0) is 29.5 Å². The molecule has 2 amide bonds. The van der Waals surface area contributed by atoms with Crippen LogP contribution in [-0.2, 0) is 33.8 Å². The predicted octanol–water partition coefficient (Wildman–Crippen LogP) is 1.91. The minimum atomic E-state index is -0.364. The van der Waals surface area contributed by atoms with Gasteiger partial charge in [-0.3, -0.25) is 14.9 Å². The standard InChI is InChI=1S/C16H19NO3/c1-3-11-6-5-7-12(4-2)14(11)10-20-9-13-8-15(18)17-16(13)19/h5-8H,3-4,9-10H2,1-2H3,(H,17,18,19). The number of amides is 2. The third-order valence-corrected chi connectivity index (χ3v) is 3.47. The largest absolute Gasteiger partial charge is 0.372 e. The lowest BCUT2D eigenvalue weighted by Gasteiger charge is -2.13. The molecular weight excluding hydrogens is 254 g/mol. The topological polar surface area (TPSA) is 55.4 Å². The maximum atomic E-state index is 11.4. The molecule has 0 aliphatic carbocycles. The molecule has 1 N–H and O–H groups in total. The van der Waals surface area contributed by atoms with Gasteiger partial charge in [0.25, 0.3) is 11.8 Å². The number of imide groups is 1. The summed E-state index contributed by atoms with van der Waals surface area (Å²) in [7, 11) is 0. The van der Waals surface area contributed by atoms with E-state index in [9.17, 15) is 9.59 Å². The van der Waals surface area contributed by atoms with Crippen molar-refractivity contribution in [3.05, 3.63) is 46.5 Å². The lowest BCUT2D eigenvalue weighted by atomic mass is 9.98. The van der Waals surface area contributed by atoms with Crippen LogP contribution in [0, 0.1) is 0 Å². The molecule has 0 bridgehead atoms. The van der Waals surface area contributed by atoms with Crippen LogP contribution in [0.2, 0.25) is 0 Å². The minimum absolute atomic E-state index is 0.165. The van der Waals surface area contributed by atoms with Gasteiger partial charge in [0.15, 0.2) is 0 Å². The SMILES string of the molecule is CCc1cccc(CC)c1COCC1=CC(=O)NC1=O. The van der Waals surface area contributed by atoms with Crippen molar-refractivity contribution in [1.82, 2.24) is 5.32 Å². The van der Waals surface area contributed by atoms with E-state index in [0.29, 0.717) is 12.2 Å². The second kappa shape index (κ2) is 6.48. The number of hydrogen-bond donors (Lipinski definition) is 1. The molecule has 1 aliphatic rings. The van der Waals surface area contributed by atoms with Gasteiger partial charge in [0, 0.05) is 11.6 Å². The first-order valence-corrected chi connectivity index (χ1v) is 6.89. The van der Waals surface area contributed by atoms with E-state index in [1.165, 1.54) is 22.8 Å². The molecular formula is C16H19NO3. The fourth-order valence-corrected chi connectivity index (χ4v) is 2.36. The van der Waals surface area contributed by atoms with Crippen LogP contribution in [-0.4, -0.2) is 18.4 Å². The van der Waals surface area contributed by atoms with Gasteiger partial charge < -0.3 is 4.74 Å². The van der Waals surface area contributed by atoms with E-state index in [1.54, 1.807) is 0 Å². The van der Waals surface area contributed by atoms with E-state index in [0.717, 1.165) is 12.8 Å². The zero-order chi connectivity index (χ0) is 14.5. The fourth-order valence-electron chi connectivity index (χ4n) is 2.36. The summed E-state index contributed by atoms with van der Waals surface area (Å²) < 4.78 is 5.63. The Morgan fingerprint density at radius 3 is 2.20 bits per heavy atom. The van der Waals surface area contributed by atoms with Crippen molar-refractivity contribution in [2.45, 2.75) is 33.3 Å². The Balaban J connectivity index is 2.02. The second-order valence-electron chi connectivity index (χ2n) is 4.74. The molecule has 1 aromatic rings. The lowest BCUT2D eigenvalue weighted by molar-refractivity contribution is -0.124. The van der Waals surface area contributed by atoms with Gasteiger partial charge in [-0.1, -0.05) is 32.0 Å². The van der Waals surface area contributed by atoms with E-state index in [2.05, 4.69) is 37.4 Å². The van der Waals surface area contributed by atoms with E-state index < -0.39 is 0 Å². The van der Waals surface area contributed by atoms with E-state index in [4.69, 9.17) is 4.74 Å². The molecule has 1 heterocycles. The molecule has 0 saturated carbocycles. The average Bonchev–Trinajstić information content (AvgIpc) is 2.77. The first-order chi connectivity index (χ1) is 9.65. The number of nitrogens with one attached hydrogen (secondary N) is 1. The summed E-state index contributed by atoms with van der Waals surface area (Å²) in [5.41, 5.74) is 4.13. The molecule has 0 fully saturated rings. The highest BCUT2D eigenvalue weighted by atomic mass is 16.5. The van der Waals surface area contributed by atoms with Crippen LogP contribution in [0.4, 0.5) is 0 Å². The van der Waals surface area contributed by atoms with Gasteiger partial charge in [-0.15, -0.1) is 0 Å². The molecule has 0 saturated heterocycles. The fraction of sp³-hybridized carbons (Fsp3) is 0.375. The summed E-state index contributed by atoms with van der Waals surface area (Å²) in [5.74, 6) is -0.716. The number of rotatable bonds is 6. The highest BCUT2D eigenvalue weighted by Crippen LogP contribution is 2.18. The Bertz CT molecular complexity index is 539. The maximum absolute atomic E-state index is 11.4. The van der Waals surface area contributed by atoms with Gasteiger partial charge in [-0.25, -0.2) is 0 Å². The van der Waals surface area contributed by atoms with Crippen LogP contribution in [0.1, 0.15) is 30.5 Å². The van der Waals surface area contributed by atoms with Gasteiger partial charge >= 0.3 is 0 Å². The van der Waals surface area contributed by atoms with Crippen LogP contribution >= 0.6 is 0 Å². The van der Waals surface area contributed by atoms with Crippen molar-refractivity contribution in [1.29, 1.82) is 0 Å². The summed E-state index contributed by atoms with van der Waals surface area (Å²) in [4.78, 5) is 22.4. The highest BCUT2D eigenvalue weighted by molar-refractivity contribution is 6.16. The second-order valence-corrected chi connectivity index (χ2v) is 4.74. The van der Waals surface area contributed by atoms with E-state index in [-0.39, 0.29) is 18.4 Å². The van der Waals surface area contributed by atoms with Crippen molar-refractivity contribution in [3.8, 4) is 0 Å². The zero-order valence-corrected chi connectivity index (χ0v) is 11.9. The van der Waals surface area contributed by atoms with Crippen molar-refractivity contribution in [2.24, 2.45) is 0 Å². The Morgan fingerprint density at radius 2 is 1.70 bits per heavy atom. The third-order valence-electron chi connectivity index (χ3n) is 3.47. The van der Waals surface area contributed by atoms with Crippen LogP contribution in [0.3, 0.4) is 0 Å². The van der Waals surface area contributed by atoms with Crippen LogP contribution < -0.4 is 5.32 Å². The van der Waals surface area contributed by atoms with E-state index >= 15 is 0 Å². The normalized spacial score (nSPS) is 14.4. The molecule has 20 heavy (non-hydrogen) atoms. The van der Waals surface area contributed by atoms with Crippen molar-refractivity contribution in [2.75, 3.05) is 6.61 Å². The predicted molar refractivity (Wildman–Crippen MR) is 76.1 cm³/mol. The molecule has 0 radical (unpaired) electrons. The smallest absolute Gasteiger partial charge is 0.256 e. The molecule has 0 unspecified atom stereocenters. The Labute approximate surface area is 118 Å². The Morgan fingerprint density at radius 1 is 1.05 bits per heavy atom. The molecule has 1 aliphatic heterocycles. The molecule has 0 atom stereocenters. The average molecular weight is 273 g/mol. The molecule has 1 aromatic carbocycles. The highest BCUT2D eigenvalue weighted by Gasteiger charge is 2.20. The number of ether oxygens (including phenoxy) is 1. The zero-order valence-electron chi connectivity index (χ0n) is 11.9. The Kier molecular flexibility index (Phi) is 4.69. The molecule has 4 heteroatoms. The summed E-state index contributed by atoms with van der Waals surface area (Å²) in [6, 6.07) is 6.26. The summed E-state index contributed by atoms with van der Waals surface area (Å²) in [6.07, 6.45) is 3.21. The van der Waals surface area contributed by atoms with Crippen molar-refractivity contribution >= 4 is 11.8 Å². The summed E-state index contributed by atoms with van der Waals surface area (Å²) in [6.45, 7) is 4.86. The molecule has 0 spiro atoms. The number of hydrogen-bond acceptors (Lipinski definition) is 3. The van der Waals surface area contributed by atoms with Crippen LogP contribution in [0.15, 0.2) is 29.8 Å². The number of carbonyl (C=O) groups excluding carboxylic acids is 2. The number of aryl methyl sites for hydroxylation is 2. The van der Waals surface area contributed by atoms with Gasteiger partial charge in [0.05, 0.1) is 13.2 Å². The van der Waals surface area contributed by atoms with Gasteiger partial charge in [-0.2, -0.15) is 0 Å². The monoisotopic (exact) mass is 273 g/mol. The molecule has 4 nitrogen and oxygen atoms in total. The summed E-state index contributed by atoms with van der Waals surface area (Å²) >= 11 is 0. The minimum Gasteiger partial charge on any atom is -0.372 e. The summed E-state index contributed by atoms with van der Waals surface area (Å²) in [5, 5.41) is 2.21. The van der Waals surface area contributed by atoms with Gasteiger partial charge in [0.2, 0.25) is 0 Å². The third kappa shape index (κ3) is 3.14. The van der Waals surface area contributed by atoms with Crippen molar-refractivity contribution in [3.63, 3.8) is 0 Å². The Hall–Kier alpha value is -1.94. The number of benzene rings is 1. The van der Waals surface area contributed by atoms with Gasteiger partial charge in [0.1, 0.15) is 0 Å². The first-order valence-electron chi connectivity index (χ1n) is 6.89. The molecule has 106 valence electrons. The maximum Gasteiger partial charge on any atom is 0.256 e. The first kappa shape index (κ1) is 14.5. The quantitative estimate of drug-likeness (QED) is 0.806.